The lowest BCUT2D eigenvalue weighted by Crippen LogP contribution is -2.45. The average molecular weight is 401 g/mol. The van der Waals surface area contributed by atoms with Gasteiger partial charge in [-0.2, -0.15) is 0 Å². The summed E-state index contributed by atoms with van der Waals surface area (Å²) in [5.74, 6) is 2.95. The van der Waals surface area contributed by atoms with Crippen molar-refractivity contribution in [2.24, 2.45) is 0 Å². The Labute approximate surface area is 174 Å². The van der Waals surface area contributed by atoms with Crippen LogP contribution in [0.1, 0.15) is 87.7 Å². The van der Waals surface area contributed by atoms with Gasteiger partial charge in [-0.05, 0) is 32.1 Å². The van der Waals surface area contributed by atoms with Gasteiger partial charge in [0.05, 0.1) is 18.9 Å². The van der Waals surface area contributed by atoms with Crippen LogP contribution in [0.25, 0.3) is 0 Å². The Morgan fingerprint density at radius 2 is 1.86 bits per heavy atom. The molecule has 29 heavy (non-hydrogen) atoms. The van der Waals surface area contributed by atoms with Gasteiger partial charge in [0.1, 0.15) is 11.6 Å². The molecule has 3 aliphatic rings. The predicted molar refractivity (Wildman–Crippen MR) is 114 cm³/mol. The maximum Gasteiger partial charge on any atom is 0.220 e. The fourth-order valence-corrected chi connectivity index (χ4v) is 4.94. The van der Waals surface area contributed by atoms with Gasteiger partial charge in [-0.25, -0.2) is 9.97 Å². The molecule has 1 aromatic heterocycles. The second-order valence-electron chi connectivity index (χ2n) is 8.86. The number of carbonyl (C=O) groups is 1. The number of aromatic nitrogens is 2. The van der Waals surface area contributed by atoms with Crippen molar-refractivity contribution in [3.8, 4) is 0 Å². The number of rotatable bonds is 6. The van der Waals surface area contributed by atoms with Crippen LogP contribution in [0.3, 0.4) is 0 Å². The van der Waals surface area contributed by atoms with E-state index in [2.05, 4.69) is 17.1 Å². The van der Waals surface area contributed by atoms with Crippen LogP contribution in [0.2, 0.25) is 0 Å². The Kier molecular flexibility index (Phi) is 7.01. The zero-order chi connectivity index (χ0) is 20.1. The number of ether oxygens (including phenoxy) is 1. The van der Waals surface area contributed by atoms with Crippen molar-refractivity contribution in [3.63, 3.8) is 0 Å². The first-order valence-electron chi connectivity index (χ1n) is 11.8. The molecule has 1 saturated carbocycles. The van der Waals surface area contributed by atoms with Crippen molar-refractivity contribution in [3.05, 3.63) is 17.1 Å². The molecular weight excluding hydrogens is 364 g/mol. The summed E-state index contributed by atoms with van der Waals surface area (Å²) in [5.41, 5.74) is 2.51. The van der Waals surface area contributed by atoms with Gasteiger partial charge in [-0.3, -0.25) is 4.79 Å². The Balaban J connectivity index is 1.47. The Hall–Kier alpha value is -1.69. The molecule has 0 atom stereocenters. The Bertz CT molecular complexity index is 694. The number of hydrogen-bond acceptors (Lipinski definition) is 5. The van der Waals surface area contributed by atoms with Crippen molar-refractivity contribution in [2.75, 3.05) is 31.2 Å². The molecule has 1 aliphatic carbocycles. The average Bonchev–Trinajstić information content (AvgIpc) is 3.18. The van der Waals surface area contributed by atoms with Crippen molar-refractivity contribution in [2.45, 2.75) is 89.5 Å². The fourth-order valence-electron chi connectivity index (χ4n) is 4.94. The number of anilines is 1. The summed E-state index contributed by atoms with van der Waals surface area (Å²) in [6, 6.07) is 0.300. The zero-order valence-corrected chi connectivity index (χ0v) is 17.9. The van der Waals surface area contributed by atoms with Gasteiger partial charge in [0, 0.05) is 49.9 Å². The summed E-state index contributed by atoms with van der Waals surface area (Å²) in [7, 11) is 0. The number of hydrogen-bond donors (Lipinski definition) is 1. The molecule has 1 aromatic rings. The molecular formula is C23H36N4O2. The minimum absolute atomic E-state index is 0.210. The molecule has 6 heteroatoms. The lowest BCUT2D eigenvalue weighted by molar-refractivity contribution is -0.122. The molecule has 1 N–H and O–H groups in total. The Morgan fingerprint density at radius 1 is 1.10 bits per heavy atom. The molecule has 0 unspecified atom stereocenters. The van der Waals surface area contributed by atoms with Gasteiger partial charge < -0.3 is 15.0 Å². The van der Waals surface area contributed by atoms with Gasteiger partial charge in [0.2, 0.25) is 5.91 Å². The molecule has 0 spiro atoms. The molecule has 3 heterocycles. The van der Waals surface area contributed by atoms with Crippen molar-refractivity contribution < 1.29 is 9.53 Å². The molecule has 0 aromatic carbocycles. The Morgan fingerprint density at radius 3 is 2.62 bits per heavy atom. The maximum atomic E-state index is 12.1. The number of unbranched alkanes of at least 4 members (excludes halogenated alkanes) is 1. The summed E-state index contributed by atoms with van der Waals surface area (Å²) in [6.45, 7) is 5.55. The molecule has 6 nitrogen and oxygen atoms in total. The first-order valence-corrected chi connectivity index (χ1v) is 11.8. The SMILES string of the molecule is CCCCC(=O)NC1CCN(c2nc(C3CCCC3)nc3c2CCOCC3)CC1. The lowest BCUT2D eigenvalue weighted by Gasteiger charge is -2.35. The lowest BCUT2D eigenvalue weighted by atomic mass is 10.0. The number of carbonyl (C=O) groups excluding carboxylic acids is 1. The van der Waals surface area contributed by atoms with Crippen molar-refractivity contribution in [1.82, 2.24) is 15.3 Å². The molecule has 2 aliphatic heterocycles. The largest absolute Gasteiger partial charge is 0.381 e. The standard InChI is InChI=1S/C23H36N4O2/c1-2-3-8-21(28)24-18-9-13-27(14-10-18)23-19-11-15-29-16-12-20(19)25-22(26-23)17-6-4-5-7-17/h17-18H,2-16H2,1H3,(H,24,28). The van der Waals surface area contributed by atoms with E-state index in [0.29, 0.717) is 18.4 Å². The van der Waals surface area contributed by atoms with Crippen LogP contribution < -0.4 is 10.2 Å². The van der Waals surface area contributed by atoms with Crippen LogP contribution in [0, 0.1) is 0 Å². The quantitative estimate of drug-likeness (QED) is 0.791. The zero-order valence-electron chi connectivity index (χ0n) is 17.9. The third-order valence-electron chi connectivity index (χ3n) is 6.71. The van der Waals surface area contributed by atoms with E-state index in [4.69, 9.17) is 14.7 Å². The van der Waals surface area contributed by atoms with Gasteiger partial charge in [-0.1, -0.05) is 26.2 Å². The minimum Gasteiger partial charge on any atom is -0.381 e. The first kappa shape index (κ1) is 20.6. The molecule has 160 valence electrons. The molecule has 1 saturated heterocycles. The van der Waals surface area contributed by atoms with Gasteiger partial charge in [0.15, 0.2) is 0 Å². The third-order valence-corrected chi connectivity index (χ3v) is 6.71. The molecule has 0 bridgehead atoms. The van der Waals surface area contributed by atoms with E-state index >= 15 is 0 Å². The summed E-state index contributed by atoms with van der Waals surface area (Å²) in [4.78, 5) is 24.7. The molecule has 0 radical (unpaired) electrons. The van der Waals surface area contributed by atoms with E-state index in [1.807, 2.05) is 0 Å². The van der Waals surface area contributed by atoms with Gasteiger partial charge in [0.25, 0.3) is 0 Å². The molecule has 1 amide bonds. The number of amides is 1. The van der Waals surface area contributed by atoms with E-state index in [1.54, 1.807) is 0 Å². The van der Waals surface area contributed by atoms with Crippen LogP contribution in [0.15, 0.2) is 0 Å². The van der Waals surface area contributed by atoms with Gasteiger partial charge >= 0.3 is 0 Å². The highest BCUT2D eigenvalue weighted by Gasteiger charge is 2.28. The summed E-state index contributed by atoms with van der Waals surface area (Å²) >= 11 is 0. The van der Waals surface area contributed by atoms with Crippen LogP contribution in [0.4, 0.5) is 5.82 Å². The smallest absolute Gasteiger partial charge is 0.220 e. The predicted octanol–water partition coefficient (Wildman–Crippen LogP) is 3.52. The van der Waals surface area contributed by atoms with Crippen molar-refractivity contribution in [1.29, 1.82) is 0 Å². The summed E-state index contributed by atoms with van der Waals surface area (Å²) in [5, 5.41) is 3.24. The van der Waals surface area contributed by atoms with Gasteiger partial charge in [-0.15, -0.1) is 0 Å². The molecule has 2 fully saturated rings. The van der Waals surface area contributed by atoms with E-state index in [0.717, 1.165) is 76.5 Å². The molecule has 4 rings (SSSR count). The number of nitrogens with zero attached hydrogens (tertiary/aromatic N) is 3. The van der Waals surface area contributed by atoms with Crippen LogP contribution >= 0.6 is 0 Å². The van der Waals surface area contributed by atoms with Crippen LogP contribution in [0.5, 0.6) is 0 Å². The normalized spacial score (nSPS) is 21.1. The highest BCUT2D eigenvalue weighted by molar-refractivity contribution is 5.76. The van der Waals surface area contributed by atoms with E-state index < -0.39 is 0 Å². The number of fused-ring (bicyclic) bond motifs is 1. The van der Waals surface area contributed by atoms with E-state index in [9.17, 15) is 4.79 Å². The maximum absolute atomic E-state index is 12.1. The van der Waals surface area contributed by atoms with Crippen LogP contribution in [-0.2, 0) is 22.4 Å². The van der Waals surface area contributed by atoms with Crippen LogP contribution in [-0.4, -0.2) is 48.2 Å². The summed E-state index contributed by atoms with van der Waals surface area (Å²) < 4.78 is 5.74. The van der Waals surface area contributed by atoms with E-state index in [1.165, 1.54) is 36.9 Å². The fraction of sp³-hybridized carbons (Fsp3) is 0.783. The van der Waals surface area contributed by atoms with E-state index in [-0.39, 0.29) is 5.91 Å². The third kappa shape index (κ3) is 5.08. The second kappa shape index (κ2) is 9.88. The topological polar surface area (TPSA) is 67.4 Å². The second-order valence-corrected chi connectivity index (χ2v) is 8.86. The highest BCUT2D eigenvalue weighted by atomic mass is 16.5. The number of nitrogens with one attached hydrogen (secondary N) is 1. The summed E-state index contributed by atoms with van der Waals surface area (Å²) in [6.07, 6.45) is 11.5. The minimum atomic E-state index is 0.210. The number of piperidine rings is 1. The monoisotopic (exact) mass is 400 g/mol. The van der Waals surface area contributed by atoms with Crippen molar-refractivity contribution >= 4 is 11.7 Å². The highest BCUT2D eigenvalue weighted by Crippen LogP contribution is 2.35. The first-order chi connectivity index (χ1) is 14.2.